The molecule has 0 bridgehead atoms. The topological polar surface area (TPSA) is 65.2 Å². The Balaban J connectivity index is 2.13. The first kappa shape index (κ1) is 11.6. The van der Waals surface area contributed by atoms with Crippen molar-refractivity contribution in [2.24, 2.45) is 0 Å². The van der Waals surface area contributed by atoms with Gasteiger partial charge >= 0.3 is 0 Å². The van der Waals surface area contributed by atoms with Gasteiger partial charge in [-0.1, -0.05) is 42.4 Å². The summed E-state index contributed by atoms with van der Waals surface area (Å²) in [6, 6.07) is 13.6. The third-order valence-corrected chi connectivity index (χ3v) is 3.01. The third-order valence-electron chi connectivity index (χ3n) is 3.01. The molecule has 0 spiro atoms. The Morgan fingerprint density at radius 1 is 1.11 bits per heavy atom. The van der Waals surface area contributed by atoms with Crippen molar-refractivity contribution in [2.45, 2.75) is 13.3 Å². The molecular weight excluding hydrogens is 240 g/mol. The van der Waals surface area contributed by atoms with Crippen LogP contribution in [0.25, 0.3) is 22.6 Å². The number of nitrogens with two attached hydrogens (primary N) is 1. The van der Waals surface area contributed by atoms with E-state index in [4.69, 9.17) is 14.7 Å². The molecule has 3 rings (SSSR count). The molecule has 0 amide bonds. The molecule has 2 N–H and O–H groups in total. The second-order valence-electron chi connectivity index (χ2n) is 4.26. The van der Waals surface area contributed by atoms with E-state index in [9.17, 15) is 0 Å². The van der Waals surface area contributed by atoms with Gasteiger partial charge in [-0.05, 0) is 17.7 Å². The van der Waals surface area contributed by atoms with Crippen LogP contribution in [0.1, 0.15) is 12.7 Å². The Bertz CT molecular complexity index is 683. The molecule has 96 valence electrons. The maximum absolute atomic E-state index is 5.90. The van der Waals surface area contributed by atoms with E-state index in [2.05, 4.69) is 5.16 Å². The molecule has 0 atom stereocenters. The van der Waals surface area contributed by atoms with E-state index in [0.29, 0.717) is 17.3 Å². The van der Waals surface area contributed by atoms with Gasteiger partial charge in [-0.3, -0.25) is 0 Å². The molecule has 1 aromatic carbocycles. The van der Waals surface area contributed by atoms with Gasteiger partial charge in [-0.25, -0.2) is 0 Å². The highest BCUT2D eigenvalue weighted by Gasteiger charge is 2.19. The molecule has 4 nitrogen and oxygen atoms in total. The van der Waals surface area contributed by atoms with Crippen LogP contribution in [-0.4, -0.2) is 5.16 Å². The zero-order valence-electron chi connectivity index (χ0n) is 10.6. The van der Waals surface area contributed by atoms with Gasteiger partial charge in [-0.15, -0.1) is 0 Å². The first-order valence-electron chi connectivity index (χ1n) is 6.19. The van der Waals surface area contributed by atoms with Crippen LogP contribution in [0, 0.1) is 0 Å². The average molecular weight is 254 g/mol. The Labute approximate surface area is 110 Å². The van der Waals surface area contributed by atoms with Gasteiger partial charge in [0.15, 0.2) is 11.6 Å². The quantitative estimate of drug-likeness (QED) is 0.773. The highest BCUT2D eigenvalue weighted by Crippen LogP contribution is 2.37. The monoisotopic (exact) mass is 254 g/mol. The first-order valence-corrected chi connectivity index (χ1v) is 6.19. The molecule has 0 aliphatic heterocycles. The lowest BCUT2D eigenvalue weighted by molar-refractivity contribution is 0.417. The standard InChI is InChI=1S/C15H14N2O2/c1-2-11-8-9-12(18-11)14-13(15(16)17-19-14)10-6-4-3-5-7-10/h3-9H,2H2,1H3,(H2,16,17). The molecule has 0 aliphatic carbocycles. The zero-order valence-corrected chi connectivity index (χ0v) is 10.6. The van der Waals surface area contributed by atoms with Crippen LogP contribution < -0.4 is 5.73 Å². The van der Waals surface area contributed by atoms with Crippen molar-refractivity contribution in [1.29, 1.82) is 0 Å². The largest absolute Gasteiger partial charge is 0.458 e. The van der Waals surface area contributed by atoms with Crippen molar-refractivity contribution in [1.82, 2.24) is 5.16 Å². The van der Waals surface area contributed by atoms with E-state index in [1.165, 1.54) is 0 Å². The molecule has 2 heterocycles. The molecule has 4 heteroatoms. The van der Waals surface area contributed by atoms with E-state index in [1.54, 1.807) is 0 Å². The maximum Gasteiger partial charge on any atom is 0.212 e. The number of aromatic nitrogens is 1. The van der Waals surface area contributed by atoms with Gasteiger partial charge < -0.3 is 14.7 Å². The minimum atomic E-state index is 0.371. The molecule has 0 saturated carbocycles. The molecule has 0 radical (unpaired) electrons. The van der Waals surface area contributed by atoms with Crippen molar-refractivity contribution >= 4 is 5.82 Å². The number of nitrogen functional groups attached to an aromatic ring is 1. The second-order valence-corrected chi connectivity index (χ2v) is 4.26. The number of furan rings is 1. The molecule has 0 fully saturated rings. The van der Waals surface area contributed by atoms with Crippen LogP contribution in [0.4, 0.5) is 5.82 Å². The van der Waals surface area contributed by atoms with Crippen LogP contribution in [0.3, 0.4) is 0 Å². The highest BCUT2D eigenvalue weighted by molar-refractivity contribution is 5.84. The van der Waals surface area contributed by atoms with Gasteiger partial charge in [0, 0.05) is 6.42 Å². The predicted molar refractivity (Wildman–Crippen MR) is 73.4 cm³/mol. The summed E-state index contributed by atoms with van der Waals surface area (Å²) in [6.45, 7) is 2.04. The maximum atomic E-state index is 5.90. The summed E-state index contributed by atoms with van der Waals surface area (Å²) in [7, 11) is 0. The van der Waals surface area contributed by atoms with Gasteiger partial charge in [0.05, 0.1) is 5.56 Å². The minimum absolute atomic E-state index is 0.371. The van der Waals surface area contributed by atoms with Crippen LogP contribution >= 0.6 is 0 Å². The number of rotatable bonds is 3. The van der Waals surface area contributed by atoms with Crippen molar-refractivity contribution in [3.05, 3.63) is 48.2 Å². The van der Waals surface area contributed by atoms with Crippen molar-refractivity contribution < 1.29 is 8.94 Å². The van der Waals surface area contributed by atoms with Crippen molar-refractivity contribution in [2.75, 3.05) is 5.73 Å². The molecule has 0 saturated heterocycles. The number of hydrogen-bond acceptors (Lipinski definition) is 4. The lowest BCUT2D eigenvalue weighted by Crippen LogP contribution is -1.88. The summed E-state index contributed by atoms with van der Waals surface area (Å²) in [5, 5.41) is 3.85. The Morgan fingerprint density at radius 3 is 2.58 bits per heavy atom. The molecule has 19 heavy (non-hydrogen) atoms. The second kappa shape index (κ2) is 4.65. The van der Waals surface area contributed by atoms with E-state index in [0.717, 1.165) is 23.3 Å². The Morgan fingerprint density at radius 2 is 1.89 bits per heavy atom. The fourth-order valence-corrected chi connectivity index (χ4v) is 2.04. The Kier molecular flexibility index (Phi) is 2.83. The van der Waals surface area contributed by atoms with Gasteiger partial charge in [0.2, 0.25) is 5.76 Å². The normalized spacial score (nSPS) is 10.8. The number of benzene rings is 1. The summed E-state index contributed by atoms with van der Waals surface area (Å²) in [5.41, 5.74) is 7.64. The summed E-state index contributed by atoms with van der Waals surface area (Å²) >= 11 is 0. The smallest absolute Gasteiger partial charge is 0.212 e. The summed E-state index contributed by atoms with van der Waals surface area (Å²) in [4.78, 5) is 0. The van der Waals surface area contributed by atoms with Gasteiger partial charge in [0.25, 0.3) is 0 Å². The predicted octanol–water partition coefficient (Wildman–Crippen LogP) is 3.75. The van der Waals surface area contributed by atoms with E-state index in [-0.39, 0.29) is 0 Å². The van der Waals surface area contributed by atoms with E-state index >= 15 is 0 Å². The number of hydrogen-bond donors (Lipinski definition) is 1. The van der Waals surface area contributed by atoms with E-state index < -0.39 is 0 Å². The lowest BCUT2D eigenvalue weighted by atomic mass is 10.1. The summed E-state index contributed by atoms with van der Waals surface area (Å²) in [5.74, 6) is 2.50. The van der Waals surface area contributed by atoms with Crippen molar-refractivity contribution in [3.8, 4) is 22.6 Å². The van der Waals surface area contributed by atoms with Crippen LogP contribution in [0.15, 0.2) is 51.4 Å². The highest BCUT2D eigenvalue weighted by atomic mass is 16.5. The molecule has 3 aromatic rings. The van der Waals surface area contributed by atoms with E-state index in [1.807, 2.05) is 49.4 Å². The number of anilines is 1. The van der Waals surface area contributed by atoms with Gasteiger partial charge in [-0.2, -0.15) is 0 Å². The molecule has 0 unspecified atom stereocenters. The first-order chi connectivity index (χ1) is 9.29. The molecule has 0 aliphatic rings. The lowest BCUT2D eigenvalue weighted by Gasteiger charge is -2.00. The Hall–Kier alpha value is -2.49. The molecular formula is C15H14N2O2. The van der Waals surface area contributed by atoms with Gasteiger partial charge in [0.1, 0.15) is 5.76 Å². The summed E-state index contributed by atoms with van der Waals surface area (Å²) in [6.07, 6.45) is 0.838. The fourth-order valence-electron chi connectivity index (χ4n) is 2.04. The van der Waals surface area contributed by atoms with Crippen LogP contribution in [0.2, 0.25) is 0 Å². The van der Waals surface area contributed by atoms with Crippen LogP contribution in [0.5, 0.6) is 0 Å². The SMILES string of the molecule is CCc1ccc(-c2onc(N)c2-c2ccccc2)o1. The average Bonchev–Trinajstić information content (AvgIpc) is 3.05. The fraction of sp³-hybridized carbons (Fsp3) is 0.133. The zero-order chi connectivity index (χ0) is 13.2. The third kappa shape index (κ3) is 2.01. The molecule has 2 aromatic heterocycles. The minimum Gasteiger partial charge on any atom is -0.458 e. The summed E-state index contributed by atoms with van der Waals surface area (Å²) < 4.78 is 11.0. The number of nitrogens with zero attached hydrogens (tertiary/aromatic N) is 1. The van der Waals surface area contributed by atoms with Crippen LogP contribution in [-0.2, 0) is 6.42 Å². The van der Waals surface area contributed by atoms with Crippen molar-refractivity contribution in [3.63, 3.8) is 0 Å². The number of aryl methyl sites for hydroxylation is 1.